The summed E-state index contributed by atoms with van der Waals surface area (Å²) < 4.78 is 11.0. The summed E-state index contributed by atoms with van der Waals surface area (Å²) in [5, 5.41) is 0. The average Bonchev–Trinajstić information content (AvgIpc) is 3.02. The van der Waals surface area contributed by atoms with E-state index >= 15 is 0 Å². The molecule has 0 unspecified atom stereocenters. The normalized spacial score (nSPS) is 47.6. The van der Waals surface area contributed by atoms with Gasteiger partial charge in [-0.25, -0.2) is 4.79 Å². The monoisotopic (exact) mass is 362 g/mol. The molecule has 0 aliphatic heterocycles. The fourth-order valence-electron chi connectivity index (χ4n) is 7.75. The highest BCUT2D eigenvalue weighted by atomic mass is 16.6. The van der Waals surface area contributed by atoms with Crippen molar-refractivity contribution in [2.75, 3.05) is 13.2 Å². The molecule has 7 atom stereocenters. The smallest absolute Gasteiger partial charge is 0.332 e. The van der Waals surface area contributed by atoms with Crippen LogP contribution in [0.25, 0.3) is 0 Å². The maximum Gasteiger partial charge on any atom is 0.332 e. The summed E-state index contributed by atoms with van der Waals surface area (Å²) >= 11 is 0. The van der Waals surface area contributed by atoms with Gasteiger partial charge < -0.3 is 9.47 Å². The molecule has 3 heteroatoms. The largest absolute Gasteiger partial charge is 0.464 e. The van der Waals surface area contributed by atoms with E-state index in [9.17, 15) is 4.79 Å². The molecule has 148 valence electrons. The predicted octanol–water partition coefficient (Wildman–Crippen LogP) is 5.37. The van der Waals surface area contributed by atoms with Crippen LogP contribution < -0.4 is 0 Å². The van der Waals surface area contributed by atoms with Crippen LogP contribution in [-0.4, -0.2) is 25.3 Å². The first-order valence-electron chi connectivity index (χ1n) is 11.2. The Morgan fingerprint density at radius 3 is 2.65 bits per heavy atom. The highest BCUT2D eigenvalue weighted by Gasteiger charge is 2.57. The SMILES string of the molecule is CCOC(=O)CO[C@@H]1CC[C@@]2(C)[C@@H](CC[C@@H]3[C@H]2CC[C@]2(C)CCC[C@@H]32)C1. The third-order valence-electron chi connectivity index (χ3n) is 9.14. The first-order valence-corrected chi connectivity index (χ1v) is 11.2. The molecule has 4 rings (SSSR count). The minimum Gasteiger partial charge on any atom is -0.464 e. The molecule has 0 bridgehead atoms. The van der Waals surface area contributed by atoms with Gasteiger partial charge in [-0.1, -0.05) is 20.3 Å². The molecule has 26 heavy (non-hydrogen) atoms. The lowest BCUT2D eigenvalue weighted by molar-refractivity contribution is -0.157. The number of carbonyl (C=O) groups excluding carboxylic acids is 1. The molecule has 0 aromatic rings. The maximum atomic E-state index is 11.6. The van der Waals surface area contributed by atoms with Crippen LogP contribution in [0.1, 0.15) is 85.0 Å². The van der Waals surface area contributed by atoms with Crippen molar-refractivity contribution in [3.05, 3.63) is 0 Å². The fourth-order valence-corrected chi connectivity index (χ4v) is 7.75. The van der Waals surface area contributed by atoms with Crippen LogP contribution in [0.3, 0.4) is 0 Å². The van der Waals surface area contributed by atoms with Crippen LogP contribution in [0.2, 0.25) is 0 Å². The molecule has 0 heterocycles. The molecule has 0 aromatic heterocycles. The highest BCUT2D eigenvalue weighted by molar-refractivity contribution is 5.70. The molecule has 0 spiro atoms. The summed E-state index contributed by atoms with van der Waals surface area (Å²) in [6.45, 7) is 7.62. The molecule has 0 radical (unpaired) electrons. The Balaban J connectivity index is 1.40. The second-order valence-electron chi connectivity index (χ2n) is 10.3. The van der Waals surface area contributed by atoms with Crippen LogP contribution in [0.4, 0.5) is 0 Å². The van der Waals surface area contributed by atoms with E-state index in [2.05, 4.69) is 13.8 Å². The van der Waals surface area contributed by atoms with E-state index in [1.165, 1.54) is 51.4 Å². The maximum absolute atomic E-state index is 11.6. The van der Waals surface area contributed by atoms with Gasteiger partial charge in [0, 0.05) is 0 Å². The number of esters is 1. The zero-order chi connectivity index (χ0) is 18.4. The Morgan fingerprint density at radius 1 is 1.00 bits per heavy atom. The van der Waals surface area contributed by atoms with Gasteiger partial charge in [-0.2, -0.15) is 0 Å². The summed E-state index contributed by atoms with van der Waals surface area (Å²) in [7, 11) is 0. The van der Waals surface area contributed by atoms with Crippen LogP contribution in [-0.2, 0) is 14.3 Å². The zero-order valence-corrected chi connectivity index (χ0v) is 17.1. The summed E-state index contributed by atoms with van der Waals surface area (Å²) in [5.74, 6) is 3.49. The van der Waals surface area contributed by atoms with Crippen molar-refractivity contribution in [2.24, 2.45) is 34.5 Å². The van der Waals surface area contributed by atoms with Crippen LogP contribution >= 0.6 is 0 Å². The van der Waals surface area contributed by atoms with Gasteiger partial charge in [0.1, 0.15) is 6.61 Å². The number of hydrogen-bond donors (Lipinski definition) is 0. The average molecular weight is 363 g/mol. The molecule has 3 nitrogen and oxygen atoms in total. The van der Waals surface area contributed by atoms with E-state index in [-0.39, 0.29) is 18.7 Å². The third-order valence-corrected chi connectivity index (χ3v) is 9.14. The van der Waals surface area contributed by atoms with Crippen molar-refractivity contribution in [3.8, 4) is 0 Å². The Hall–Kier alpha value is -0.570. The lowest BCUT2D eigenvalue weighted by atomic mass is 9.45. The molecule has 0 amide bonds. The fraction of sp³-hybridized carbons (Fsp3) is 0.957. The Morgan fingerprint density at radius 2 is 1.85 bits per heavy atom. The van der Waals surface area contributed by atoms with Gasteiger partial charge in [-0.05, 0) is 99.2 Å². The van der Waals surface area contributed by atoms with Crippen LogP contribution in [0, 0.1) is 34.5 Å². The second-order valence-corrected chi connectivity index (χ2v) is 10.3. The highest BCUT2D eigenvalue weighted by Crippen LogP contribution is 2.66. The first-order chi connectivity index (χ1) is 12.5. The van der Waals surface area contributed by atoms with E-state index in [1.807, 2.05) is 6.92 Å². The number of hydrogen-bond acceptors (Lipinski definition) is 3. The number of fused-ring (bicyclic) bond motifs is 5. The van der Waals surface area contributed by atoms with Gasteiger partial charge in [0.2, 0.25) is 0 Å². The quantitative estimate of drug-likeness (QED) is 0.631. The van der Waals surface area contributed by atoms with Crippen molar-refractivity contribution < 1.29 is 14.3 Å². The minimum atomic E-state index is -0.211. The van der Waals surface area contributed by atoms with Gasteiger partial charge in [-0.3, -0.25) is 0 Å². The minimum absolute atomic E-state index is 0.133. The van der Waals surface area contributed by atoms with Gasteiger partial charge in [0.05, 0.1) is 12.7 Å². The van der Waals surface area contributed by atoms with Gasteiger partial charge in [-0.15, -0.1) is 0 Å². The topological polar surface area (TPSA) is 35.5 Å². The van der Waals surface area contributed by atoms with Gasteiger partial charge >= 0.3 is 5.97 Å². The summed E-state index contributed by atoms with van der Waals surface area (Å²) in [6, 6.07) is 0. The number of rotatable bonds is 4. The molecular formula is C23H38O3. The summed E-state index contributed by atoms with van der Waals surface area (Å²) in [6.07, 6.45) is 14.0. The molecule has 4 aliphatic carbocycles. The van der Waals surface area contributed by atoms with E-state index in [4.69, 9.17) is 9.47 Å². The molecule has 4 aliphatic rings. The van der Waals surface area contributed by atoms with Crippen molar-refractivity contribution in [1.29, 1.82) is 0 Å². The molecule has 0 N–H and O–H groups in total. The standard InChI is InChI=1S/C23H38O3/c1-4-25-21(24)15-26-17-9-13-23(3)16(14-17)7-8-18-19-6-5-11-22(19,2)12-10-20(18)23/h16-20H,4-15H2,1-3H3/t16-,17+,18-,19-,20+,22-,23-/m0/s1. The first kappa shape index (κ1) is 18.8. The Bertz CT molecular complexity index is 532. The Labute approximate surface area is 159 Å². The van der Waals surface area contributed by atoms with E-state index in [0.29, 0.717) is 17.4 Å². The van der Waals surface area contributed by atoms with E-state index in [1.54, 1.807) is 0 Å². The van der Waals surface area contributed by atoms with Gasteiger partial charge in [0.15, 0.2) is 0 Å². The molecule has 0 saturated heterocycles. The van der Waals surface area contributed by atoms with Crippen molar-refractivity contribution in [1.82, 2.24) is 0 Å². The molecular weight excluding hydrogens is 324 g/mol. The van der Waals surface area contributed by atoms with E-state index < -0.39 is 0 Å². The molecule has 4 saturated carbocycles. The Kier molecular flexibility index (Phi) is 5.14. The number of carbonyl (C=O) groups is 1. The molecule has 0 aromatic carbocycles. The lowest BCUT2D eigenvalue weighted by Crippen LogP contribution is -2.53. The van der Waals surface area contributed by atoms with E-state index in [0.717, 1.165) is 36.5 Å². The van der Waals surface area contributed by atoms with Crippen molar-refractivity contribution >= 4 is 5.97 Å². The molecule has 4 fully saturated rings. The van der Waals surface area contributed by atoms with Gasteiger partial charge in [0.25, 0.3) is 0 Å². The van der Waals surface area contributed by atoms with Crippen molar-refractivity contribution in [2.45, 2.75) is 91.1 Å². The predicted molar refractivity (Wildman–Crippen MR) is 103 cm³/mol. The summed E-state index contributed by atoms with van der Waals surface area (Å²) in [4.78, 5) is 11.6. The van der Waals surface area contributed by atoms with Crippen LogP contribution in [0.5, 0.6) is 0 Å². The zero-order valence-electron chi connectivity index (χ0n) is 17.1. The lowest BCUT2D eigenvalue weighted by Gasteiger charge is -2.60. The van der Waals surface area contributed by atoms with Crippen molar-refractivity contribution in [3.63, 3.8) is 0 Å². The number of ether oxygens (including phenoxy) is 2. The third kappa shape index (κ3) is 3.12. The summed E-state index contributed by atoms with van der Waals surface area (Å²) in [5.41, 5.74) is 1.17. The van der Waals surface area contributed by atoms with Crippen LogP contribution in [0.15, 0.2) is 0 Å². The second kappa shape index (κ2) is 7.11.